The molecule has 1 aromatic heterocycles. The van der Waals surface area contributed by atoms with Crippen molar-refractivity contribution in [3.63, 3.8) is 0 Å². The summed E-state index contributed by atoms with van der Waals surface area (Å²) in [4.78, 5) is 11.7. The van der Waals surface area contributed by atoms with Crippen molar-refractivity contribution in [3.05, 3.63) is 57.8 Å². The molecule has 18 heavy (non-hydrogen) atoms. The SMILES string of the molecule is COCc1ccc(CNC(=O)c2ccsc2)cc1. The van der Waals surface area contributed by atoms with Crippen LogP contribution in [0.1, 0.15) is 21.5 Å². The van der Waals surface area contributed by atoms with Crippen molar-refractivity contribution in [2.24, 2.45) is 0 Å². The zero-order valence-electron chi connectivity index (χ0n) is 10.2. The summed E-state index contributed by atoms with van der Waals surface area (Å²) in [6, 6.07) is 9.84. The lowest BCUT2D eigenvalue weighted by Gasteiger charge is -2.05. The highest BCUT2D eigenvalue weighted by atomic mass is 32.1. The number of carbonyl (C=O) groups excluding carboxylic acids is 1. The number of methoxy groups -OCH3 is 1. The summed E-state index contributed by atoms with van der Waals surface area (Å²) in [5.74, 6) is -0.0304. The molecule has 1 N–H and O–H groups in total. The lowest BCUT2D eigenvalue weighted by Crippen LogP contribution is -2.22. The highest BCUT2D eigenvalue weighted by Crippen LogP contribution is 2.08. The Labute approximate surface area is 110 Å². The minimum Gasteiger partial charge on any atom is -0.380 e. The monoisotopic (exact) mass is 261 g/mol. The van der Waals surface area contributed by atoms with Crippen molar-refractivity contribution < 1.29 is 9.53 Å². The average molecular weight is 261 g/mol. The van der Waals surface area contributed by atoms with Crippen molar-refractivity contribution in [2.45, 2.75) is 13.2 Å². The van der Waals surface area contributed by atoms with E-state index in [9.17, 15) is 4.79 Å². The van der Waals surface area contributed by atoms with E-state index in [1.54, 1.807) is 7.11 Å². The van der Waals surface area contributed by atoms with Crippen LogP contribution in [-0.4, -0.2) is 13.0 Å². The number of nitrogens with one attached hydrogen (secondary N) is 1. The lowest BCUT2D eigenvalue weighted by atomic mass is 10.1. The van der Waals surface area contributed by atoms with Crippen molar-refractivity contribution in [2.75, 3.05) is 7.11 Å². The maximum absolute atomic E-state index is 11.7. The second-order valence-corrected chi connectivity index (χ2v) is 4.72. The Morgan fingerprint density at radius 2 is 1.94 bits per heavy atom. The Bertz CT molecular complexity index is 491. The van der Waals surface area contributed by atoms with Crippen LogP contribution in [0, 0.1) is 0 Å². The second-order valence-electron chi connectivity index (χ2n) is 3.94. The molecule has 0 saturated carbocycles. The average Bonchev–Trinajstić information content (AvgIpc) is 2.92. The number of benzene rings is 1. The van der Waals surface area contributed by atoms with Crippen LogP contribution in [0.2, 0.25) is 0 Å². The van der Waals surface area contributed by atoms with Crippen LogP contribution < -0.4 is 5.32 Å². The maximum Gasteiger partial charge on any atom is 0.252 e. The standard InChI is InChI=1S/C14H15NO2S/c1-17-9-12-4-2-11(3-5-12)8-15-14(16)13-6-7-18-10-13/h2-7,10H,8-9H2,1H3,(H,15,16). The van der Waals surface area contributed by atoms with E-state index in [2.05, 4.69) is 5.32 Å². The summed E-state index contributed by atoms with van der Waals surface area (Å²) in [6.45, 7) is 1.16. The van der Waals surface area contributed by atoms with Gasteiger partial charge in [0.05, 0.1) is 6.61 Å². The quantitative estimate of drug-likeness (QED) is 0.898. The van der Waals surface area contributed by atoms with E-state index in [0.717, 1.165) is 16.7 Å². The predicted molar refractivity (Wildman–Crippen MR) is 72.6 cm³/mol. The minimum absolute atomic E-state index is 0.0304. The molecule has 1 amide bonds. The Morgan fingerprint density at radius 1 is 1.22 bits per heavy atom. The van der Waals surface area contributed by atoms with Crippen molar-refractivity contribution in [3.8, 4) is 0 Å². The van der Waals surface area contributed by atoms with Gasteiger partial charge in [-0.3, -0.25) is 4.79 Å². The zero-order chi connectivity index (χ0) is 12.8. The summed E-state index contributed by atoms with van der Waals surface area (Å²) in [5, 5.41) is 6.63. The molecule has 2 rings (SSSR count). The van der Waals surface area contributed by atoms with E-state index < -0.39 is 0 Å². The molecular weight excluding hydrogens is 246 g/mol. The fourth-order valence-electron chi connectivity index (χ4n) is 1.60. The van der Waals surface area contributed by atoms with Gasteiger partial charge in [0, 0.05) is 24.6 Å². The molecule has 4 heteroatoms. The second kappa shape index (κ2) is 6.33. The van der Waals surface area contributed by atoms with Gasteiger partial charge in [-0.15, -0.1) is 0 Å². The van der Waals surface area contributed by atoms with Gasteiger partial charge in [0.15, 0.2) is 0 Å². The molecule has 94 valence electrons. The number of rotatable bonds is 5. The zero-order valence-corrected chi connectivity index (χ0v) is 11.0. The van der Waals surface area contributed by atoms with Crippen molar-refractivity contribution in [1.82, 2.24) is 5.32 Å². The van der Waals surface area contributed by atoms with Gasteiger partial charge in [-0.05, 0) is 22.6 Å². The molecule has 0 atom stereocenters. The third-order valence-electron chi connectivity index (χ3n) is 2.57. The Hall–Kier alpha value is -1.65. The van der Waals surface area contributed by atoms with Crippen LogP contribution in [-0.2, 0) is 17.9 Å². The third-order valence-corrected chi connectivity index (χ3v) is 3.25. The lowest BCUT2D eigenvalue weighted by molar-refractivity contribution is 0.0951. The van der Waals surface area contributed by atoms with Gasteiger partial charge in [0.2, 0.25) is 0 Å². The number of carbonyl (C=O) groups is 1. The molecule has 0 aliphatic rings. The van der Waals surface area contributed by atoms with Crippen LogP contribution in [0.4, 0.5) is 0 Å². The third kappa shape index (κ3) is 3.42. The van der Waals surface area contributed by atoms with Gasteiger partial charge in [-0.25, -0.2) is 0 Å². The molecule has 0 aliphatic carbocycles. The molecule has 0 aliphatic heterocycles. The van der Waals surface area contributed by atoms with E-state index in [0.29, 0.717) is 13.2 Å². The summed E-state index contributed by atoms with van der Waals surface area (Å²) in [6.07, 6.45) is 0. The largest absolute Gasteiger partial charge is 0.380 e. The summed E-state index contributed by atoms with van der Waals surface area (Å²) in [5.41, 5.74) is 2.93. The molecule has 0 bridgehead atoms. The van der Waals surface area contributed by atoms with E-state index in [4.69, 9.17) is 4.74 Å². The molecular formula is C14H15NO2S. The number of ether oxygens (including phenoxy) is 1. The first-order valence-electron chi connectivity index (χ1n) is 5.67. The number of thiophene rings is 1. The molecule has 1 heterocycles. The predicted octanol–water partition coefficient (Wildman–Crippen LogP) is 2.82. The van der Waals surface area contributed by atoms with Gasteiger partial charge in [-0.2, -0.15) is 11.3 Å². The molecule has 0 unspecified atom stereocenters. The molecule has 2 aromatic rings. The van der Waals surface area contributed by atoms with Gasteiger partial charge < -0.3 is 10.1 Å². The van der Waals surface area contributed by atoms with Crippen LogP contribution in [0.3, 0.4) is 0 Å². The fourth-order valence-corrected chi connectivity index (χ4v) is 2.23. The maximum atomic E-state index is 11.7. The number of hydrogen-bond acceptors (Lipinski definition) is 3. The first-order chi connectivity index (χ1) is 8.79. The highest BCUT2D eigenvalue weighted by Gasteiger charge is 2.04. The topological polar surface area (TPSA) is 38.3 Å². The normalized spacial score (nSPS) is 10.3. The molecule has 1 aromatic carbocycles. The summed E-state index contributed by atoms with van der Waals surface area (Å²) >= 11 is 1.52. The van der Waals surface area contributed by atoms with Crippen LogP contribution in [0.15, 0.2) is 41.1 Å². The number of hydrogen-bond donors (Lipinski definition) is 1. The van der Waals surface area contributed by atoms with Gasteiger partial charge in [0.1, 0.15) is 0 Å². The summed E-state index contributed by atoms with van der Waals surface area (Å²) < 4.78 is 5.05. The van der Waals surface area contributed by atoms with Crippen molar-refractivity contribution in [1.29, 1.82) is 0 Å². The highest BCUT2D eigenvalue weighted by molar-refractivity contribution is 7.08. The van der Waals surface area contributed by atoms with Crippen molar-refractivity contribution >= 4 is 17.2 Å². The van der Waals surface area contributed by atoms with Gasteiger partial charge >= 0.3 is 0 Å². The number of amides is 1. The van der Waals surface area contributed by atoms with Crippen LogP contribution in [0.5, 0.6) is 0 Å². The van der Waals surface area contributed by atoms with Crippen LogP contribution in [0.25, 0.3) is 0 Å². The smallest absolute Gasteiger partial charge is 0.252 e. The molecule has 0 radical (unpaired) electrons. The molecule has 0 saturated heterocycles. The molecule has 3 nitrogen and oxygen atoms in total. The first-order valence-corrected chi connectivity index (χ1v) is 6.61. The first kappa shape index (κ1) is 12.8. The van der Waals surface area contributed by atoms with E-state index in [1.807, 2.05) is 41.1 Å². The minimum atomic E-state index is -0.0304. The van der Waals surface area contributed by atoms with E-state index >= 15 is 0 Å². The van der Waals surface area contributed by atoms with Crippen LogP contribution >= 0.6 is 11.3 Å². The Kier molecular flexibility index (Phi) is 4.50. The van der Waals surface area contributed by atoms with E-state index in [-0.39, 0.29) is 5.91 Å². The summed E-state index contributed by atoms with van der Waals surface area (Å²) in [7, 11) is 1.68. The Morgan fingerprint density at radius 3 is 2.56 bits per heavy atom. The molecule has 0 spiro atoms. The van der Waals surface area contributed by atoms with Gasteiger partial charge in [0.25, 0.3) is 5.91 Å². The van der Waals surface area contributed by atoms with E-state index in [1.165, 1.54) is 11.3 Å². The Balaban J connectivity index is 1.88. The fraction of sp³-hybridized carbons (Fsp3) is 0.214. The molecule has 0 fully saturated rings. The van der Waals surface area contributed by atoms with Gasteiger partial charge in [-0.1, -0.05) is 24.3 Å².